The van der Waals surface area contributed by atoms with Gasteiger partial charge in [0.25, 0.3) is 0 Å². The monoisotopic (exact) mass is 190 g/mol. The fourth-order valence-electron chi connectivity index (χ4n) is 1.15. The molecule has 0 aromatic heterocycles. The third kappa shape index (κ3) is 3.67. The van der Waals surface area contributed by atoms with Crippen LogP contribution in [0.5, 0.6) is 0 Å². The minimum absolute atomic E-state index is 0.370. The number of nitrogens with one attached hydrogen (secondary N) is 1. The van der Waals surface area contributed by atoms with Crippen molar-refractivity contribution in [1.29, 1.82) is 0 Å². The van der Waals surface area contributed by atoms with E-state index in [-0.39, 0.29) is 0 Å². The first-order valence-corrected chi connectivity index (χ1v) is 5.74. The second kappa shape index (κ2) is 6.60. The maximum absolute atomic E-state index is 5.29. The molecule has 0 saturated carbocycles. The molecule has 0 aliphatic carbocycles. The van der Waals surface area contributed by atoms with Crippen molar-refractivity contribution < 1.29 is 8.85 Å². The summed E-state index contributed by atoms with van der Waals surface area (Å²) < 4.78 is 10.6. The molecule has 4 heteroatoms. The Balaban J connectivity index is 4.05. The van der Waals surface area contributed by atoms with Gasteiger partial charge >= 0.3 is 9.28 Å². The van der Waals surface area contributed by atoms with E-state index in [1.54, 1.807) is 14.2 Å². The fraction of sp³-hybridized carbons (Fsp3) is 1.00. The van der Waals surface area contributed by atoms with E-state index in [1.807, 2.05) is 0 Å². The minimum atomic E-state index is -1.13. The molecule has 1 atom stereocenters. The lowest BCUT2D eigenvalue weighted by atomic mass is 10.2. The van der Waals surface area contributed by atoms with Crippen LogP contribution in [0.25, 0.3) is 0 Å². The first-order chi connectivity index (χ1) is 5.67. The lowest BCUT2D eigenvalue weighted by molar-refractivity contribution is 0.246. The third-order valence-corrected chi connectivity index (χ3v) is 3.93. The van der Waals surface area contributed by atoms with Crippen LogP contribution < -0.4 is 5.32 Å². The lowest BCUT2D eigenvalue weighted by Gasteiger charge is -2.25. The van der Waals surface area contributed by atoms with Crippen LogP contribution in [0.15, 0.2) is 0 Å². The Morgan fingerprint density at radius 2 is 1.75 bits per heavy atom. The topological polar surface area (TPSA) is 30.5 Å². The van der Waals surface area contributed by atoms with Gasteiger partial charge in [0, 0.05) is 14.2 Å². The molecule has 0 rings (SSSR count). The summed E-state index contributed by atoms with van der Waals surface area (Å²) in [6.07, 6.45) is 0. The smallest absolute Gasteiger partial charge is 0.396 e. The summed E-state index contributed by atoms with van der Waals surface area (Å²) in [4.78, 5) is 0. The molecule has 1 radical (unpaired) electrons. The Kier molecular flexibility index (Phi) is 6.65. The van der Waals surface area contributed by atoms with Crippen LogP contribution in [0.4, 0.5) is 0 Å². The van der Waals surface area contributed by atoms with Crippen molar-refractivity contribution in [2.24, 2.45) is 5.92 Å². The van der Waals surface area contributed by atoms with E-state index in [9.17, 15) is 0 Å². The second-order valence-electron chi connectivity index (χ2n) is 3.01. The third-order valence-electron chi connectivity index (χ3n) is 1.75. The van der Waals surface area contributed by atoms with Gasteiger partial charge in [-0.3, -0.25) is 0 Å². The van der Waals surface area contributed by atoms with Gasteiger partial charge in [0.2, 0.25) is 0 Å². The molecule has 0 aliphatic rings. The van der Waals surface area contributed by atoms with Gasteiger partial charge < -0.3 is 14.2 Å². The zero-order chi connectivity index (χ0) is 9.56. The molecule has 1 N–H and O–H groups in total. The zero-order valence-electron chi connectivity index (χ0n) is 8.68. The summed E-state index contributed by atoms with van der Waals surface area (Å²) in [5, 5.41) is 3.38. The summed E-state index contributed by atoms with van der Waals surface area (Å²) in [5.41, 5.74) is 0.370. The predicted octanol–water partition coefficient (Wildman–Crippen LogP) is 0.941. The first kappa shape index (κ1) is 12.1. The Labute approximate surface area is 77.3 Å². The van der Waals surface area contributed by atoms with Crippen molar-refractivity contribution in [1.82, 2.24) is 5.32 Å². The van der Waals surface area contributed by atoms with Gasteiger partial charge in [-0.05, 0) is 12.5 Å². The molecular weight excluding hydrogens is 170 g/mol. The number of rotatable bonds is 6. The maximum atomic E-state index is 5.29. The minimum Gasteiger partial charge on any atom is -0.396 e. The highest BCUT2D eigenvalue weighted by molar-refractivity contribution is 6.46. The molecule has 0 aromatic rings. The highest BCUT2D eigenvalue weighted by Crippen LogP contribution is 2.06. The second-order valence-corrected chi connectivity index (χ2v) is 5.08. The molecular formula is C8H20NO2Si. The summed E-state index contributed by atoms with van der Waals surface area (Å²) in [6.45, 7) is 7.41. The summed E-state index contributed by atoms with van der Waals surface area (Å²) in [6, 6.07) is 0. The van der Waals surface area contributed by atoms with E-state index >= 15 is 0 Å². The molecule has 73 valence electrons. The number of hydrogen-bond donors (Lipinski definition) is 1. The van der Waals surface area contributed by atoms with Crippen LogP contribution in [0.3, 0.4) is 0 Å². The highest BCUT2D eigenvalue weighted by atomic mass is 28.3. The molecule has 1 unspecified atom stereocenters. The van der Waals surface area contributed by atoms with Crippen molar-refractivity contribution in [2.75, 3.05) is 20.8 Å². The van der Waals surface area contributed by atoms with Crippen LogP contribution in [-0.4, -0.2) is 35.7 Å². The molecule has 0 fully saturated rings. The summed E-state index contributed by atoms with van der Waals surface area (Å²) in [5.74, 6) is 0.554. The van der Waals surface area contributed by atoms with Gasteiger partial charge in [0.1, 0.15) is 0 Å². The molecule has 0 amide bonds. The molecule has 0 saturated heterocycles. The van der Waals surface area contributed by atoms with Crippen LogP contribution in [0, 0.1) is 5.92 Å². The predicted molar refractivity (Wildman–Crippen MR) is 52.1 cm³/mol. The van der Waals surface area contributed by atoms with E-state index in [0.717, 1.165) is 6.54 Å². The van der Waals surface area contributed by atoms with Crippen molar-refractivity contribution >= 4 is 9.28 Å². The van der Waals surface area contributed by atoms with E-state index in [2.05, 4.69) is 26.1 Å². The first-order valence-electron chi connectivity index (χ1n) is 4.35. The Morgan fingerprint density at radius 3 is 2.00 bits per heavy atom. The van der Waals surface area contributed by atoms with E-state index in [1.165, 1.54) is 0 Å². The molecule has 0 aromatic carbocycles. The normalized spacial score (nSPS) is 14.2. The molecule has 0 spiro atoms. The van der Waals surface area contributed by atoms with E-state index in [4.69, 9.17) is 8.85 Å². The standard InChI is InChI=1S/C8H20NO2Si/c1-6-9-8(7(2)3)12(10-4)11-5/h7-9H,6H2,1-5H3. The zero-order valence-corrected chi connectivity index (χ0v) is 9.68. The quantitative estimate of drug-likeness (QED) is 0.632. The van der Waals surface area contributed by atoms with Crippen LogP contribution in [0.1, 0.15) is 20.8 Å². The maximum Gasteiger partial charge on any atom is 0.403 e. The van der Waals surface area contributed by atoms with Crippen LogP contribution in [0.2, 0.25) is 0 Å². The average Bonchev–Trinajstić information content (AvgIpc) is 2.05. The fourth-order valence-corrected chi connectivity index (χ4v) is 2.74. The van der Waals surface area contributed by atoms with Crippen molar-refractivity contribution in [3.05, 3.63) is 0 Å². The van der Waals surface area contributed by atoms with Crippen LogP contribution >= 0.6 is 0 Å². The van der Waals surface area contributed by atoms with Gasteiger partial charge in [-0.2, -0.15) is 0 Å². The van der Waals surface area contributed by atoms with Gasteiger partial charge in [-0.15, -0.1) is 0 Å². The largest absolute Gasteiger partial charge is 0.403 e. The van der Waals surface area contributed by atoms with E-state index < -0.39 is 9.28 Å². The molecule has 3 nitrogen and oxygen atoms in total. The van der Waals surface area contributed by atoms with Gasteiger partial charge in [-0.25, -0.2) is 0 Å². The van der Waals surface area contributed by atoms with E-state index in [0.29, 0.717) is 11.6 Å². The van der Waals surface area contributed by atoms with Crippen molar-refractivity contribution in [2.45, 2.75) is 26.4 Å². The molecule has 12 heavy (non-hydrogen) atoms. The van der Waals surface area contributed by atoms with Gasteiger partial charge in [0.15, 0.2) is 0 Å². The Morgan fingerprint density at radius 1 is 1.25 bits per heavy atom. The van der Waals surface area contributed by atoms with Crippen LogP contribution in [-0.2, 0) is 8.85 Å². The van der Waals surface area contributed by atoms with Gasteiger partial charge in [0.05, 0.1) is 5.67 Å². The summed E-state index contributed by atoms with van der Waals surface area (Å²) in [7, 11) is 2.29. The van der Waals surface area contributed by atoms with Crippen molar-refractivity contribution in [3.63, 3.8) is 0 Å². The SMILES string of the molecule is CCNC(C(C)C)[Si](OC)OC. The molecule has 0 heterocycles. The van der Waals surface area contributed by atoms with Gasteiger partial charge in [-0.1, -0.05) is 20.8 Å². The molecule has 0 aliphatic heterocycles. The lowest BCUT2D eigenvalue weighted by Crippen LogP contribution is -2.49. The highest BCUT2D eigenvalue weighted by Gasteiger charge is 2.28. The Bertz CT molecular complexity index is 107. The summed E-state index contributed by atoms with van der Waals surface area (Å²) >= 11 is 0. The van der Waals surface area contributed by atoms with Crippen molar-refractivity contribution in [3.8, 4) is 0 Å². The molecule has 0 bridgehead atoms. The average molecular weight is 190 g/mol. The Hall–Kier alpha value is 0.0969. The number of hydrogen-bond acceptors (Lipinski definition) is 3.